The molecule has 3 aromatic carbocycles. The third-order valence-electron chi connectivity index (χ3n) is 6.32. The summed E-state index contributed by atoms with van der Waals surface area (Å²) in [4.78, 5) is 37.9. The van der Waals surface area contributed by atoms with E-state index in [9.17, 15) is 55.2 Å². The van der Waals surface area contributed by atoms with E-state index in [1.807, 2.05) is 0 Å². The van der Waals surface area contributed by atoms with Crippen LogP contribution in [0.4, 0.5) is 0 Å². The molecule has 15 heteroatoms. The molecule has 1 aliphatic rings. The van der Waals surface area contributed by atoms with Gasteiger partial charge in [-0.25, -0.2) is 14.4 Å². The van der Waals surface area contributed by atoms with Crippen molar-refractivity contribution < 1.29 is 74.2 Å². The van der Waals surface area contributed by atoms with Crippen LogP contribution >= 0.6 is 0 Å². The average molecular weight is 615 g/mol. The molecule has 1 fully saturated rings. The standard InChI is InChI=1S/C29H26O15/c30-16-8-14(9-17(31)22(16)35)27(39)41-12-20-24(37)25(38)26(43-21(34)7-6-13-4-2-1-3-5-13)29(42-20)44-28(40)15-10-18(32)23(36)19(33)11-15/h1-11,20,24-26,29-33,35-38H,12H2. The lowest BCUT2D eigenvalue weighted by molar-refractivity contribution is -0.288. The van der Waals surface area contributed by atoms with Crippen LogP contribution in [0.5, 0.6) is 34.5 Å². The molecule has 4 rings (SSSR count). The summed E-state index contributed by atoms with van der Waals surface area (Å²) in [5.41, 5.74) is -0.279. The molecule has 15 nitrogen and oxygen atoms in total. The monoisotopic (exact) mass is 614 g/mol. The number of aliphatic hydroxyl groups excluding tert-OH is 2. The molecule has 1 saturated heterocycles. The number of benzene rings is 3. The van der Waals surface area contributed by atoms with Crippen LogP contribution in [0, 0.1) is 0 Å². The number of hydrogen-bond donors (Lipinski definition) is 8. The Morgan fingerprint density at radius 2 is 1.25 bits per heavy atom. The van der Waals surface area contributed by atoms with Gasteiger partial charge in [0, 0.05) is 6.08 Å². The molecule has 0 amide bonds. The summed E-state index contributed by atoms with van der Waals surface area (Å²) in [5.74, 6) is -8.69. The molecule has 0 saturated carbocycles. The van der Waals surface area contributed by atoms with Crippen molar-refractivity contribution in [2.75, 3.05) is 6.61 Å². The molecular weight excluding hydrogens is 588 g/mol. The summed E-state index contributed by atoms with van der Waals surface area (Å²) in [6.45, 7) is -0.803. The van der Waals surface area contributed by atoms with E-state index in [1.165, 1.54) is 6.08 Å². The van der Waals surface area contributed by atoms with Gasteiger partial charge in [0.1, 0.15) is 24.9 Å². The number of carbonyl (C=O) groups is 3. The predicted octanol–water partition coefficient (Wildman–Crippen LogP) is 1.01. The number of carbonyl (C=O) groups excluding carboxylic acids is 3. The number of hydrogen-bond acceptors (Lipinski definition) is 15. The van der Waals surface area contributed by atoms with Crippen molar-refractivity contribution in [3.8, 4) is 34.5 Å². The molecule has 0 spiro atoms. The smallest absolute Gasteiger partial charge is 0.340 e. The van der Waals surface area contributed by atoms with Crippen molar-refractivity contribution in [1.82, 2.24) is 0 Å². The Morgan fingerprint density at radius 3 is 1.80 bits per heavy atom. The van der Waals surface area contributed by atoms with Crippen LogP contribution in [-0.2, 0) is 23.7 Å². The first-order chi connectivity index (χ1) is 20.8. The fraction of sp³-hybridized carbons (Fsp3) is 0.207. The van der Waals surface area contributed by atoms with E-state index in [4.69, 9.17) is 18.9 Å². The number of ether oxygens (including phenoxy) is 4. The SMILES string of the molecule is O=C(C=Cc1ccccc1)OC1C(OC(=O)c2cc(O)c(O)c(O)c2)OC(COC(=O)c2cc(O)c(O)c(O)c2)C(O)C1O. The van der Waals surface area contributed by atoms with E-state index in [1.54, 1.807) is 30.3 Å². The molecule has 1 heterocycles. The van der Waals surface area contributed by atoms with Crippen LogP contribution in [0.1, 0.15) is 26.3 Å². The van der Waals surface area contributed by atoms with E-state index in [2.05, 4.69) is 0 Å². The lowest BCUT2D eigenvalue weighted by Gasteiger charge is -2.41. The number of aliphatic hydroxyl groups is 2. The summed E-state index contributed by atoms with van der Waals surface area (Å²) in [6, 6.07) is 11.6. The van der Waals surface area contributed by atoms with Gasteiger partial charge in [-0.2, -0.15) is 0 Å². The second-order valence-electron chi connectivity index (χ2n) is 9.40. The highest BCUT2D eigenvalue weighted by atomic mass is 16.7. The van der Waals surface area contributed by atoms with Gasteiger partial charge in [0.15, 0.2) is 40.6 Å². The largest absolute Gasteiger partial charge is 0.504 e. The molecule has 0 bridgehead atoms. The summed E-state index contributed by atoms with van der Waals surface area (Å²) in [5, 5.41) is 79.3. The highest BCUT2D eigenvalue weighted by Gasteiger charge is 2.49. The Morgan fingerprint density at radius 1 is 0.727 bits per heavy atom. The predicted molar refractivity (Wildman–Crippen MR) is 145 cm³/mol. The van der Waals surface area contributed by atoms with Crippen molar-refractivity contribution >= 4 is 24.0 Å². The van der Waals surface area contributed by atoms with Gasteiger partial charge < -0.3 is 59.8 Å². The number of phenols is 6. The van der Waals surface area contributed by atoms with E-state index in [0.717, 1.165) is 30.3 Å². The zero-order chi connectivity index (χ0) is 32.1. The maximum absolute atomic E-state index is 12.9. The summed E-state index contributed by atoms with van der Waals surface area (Å²) >= 11 is 0. The summed E-state index contributed by atoms with van der Waals surface area (Å²) in [6.07, 6.45) is -6.90. The second-order valence-corrected chi connectivity index (χ2v) is 9.40. The van der Waals surface area contributed by atoms with E-state index >= 15 is 0 Å². The number of rotatable bonds is 8. The molecule has 44 heavy (non-hydrogen) atoms. The van der Waals surface area contributed by atoms with Gasteiger partial charge in [-0.1, -0.05) is 30.3 Å². The van der Waals surface area contributed by atoms with Crippen LogP contribution in [0.2, 0.25) is 0 Å². The normalized spacial score (nSPS) is 21.5. The highest BCUT2D eigenvalue weighted by molar-refractivity contribution is 5.92. The molecule has 0 aliphatic carbocycles. The maximum Gasteiger partial charge on any atom is 0.340 e. The Kier molecular flexibility index (Phi) is 9.43. The van der Waals surface area contributed by atoms with Crippen molar-refractivity contribution in [1.29, 1.82) is 0 Å². The minimum atomic E-state index is -1.98. The zero-order valence-corrected chi connectivity index (χ0v) is 22.4. The van der Waals surface area contributed by atoms with Crippen molar-refractivity contribution in [3.63, 3.8) is 0 Å². The molecule has 232 valence electrons. The minimum absolute atomic E-state index is 0.407. The van der Waals surface area contributed by atoms with Crippen LogP contribution in [-0.4, -0.2) is 96.1 Å². The molecule has 1 aliphatic heterocycles. The van der Waals surface area contributed by atoms with Gasteiger partial charge >= 0.3 is 17.9 Å². The van der Waals surface area contributed by atoms with E-state index in [-0.39, 0.29) is 0 Å². The van der Waals surface area contributed by atoms with Crippen LogP contribution in [0.15, 0.2) is 60.7 Å². The first-order valence-corrected chi connectivity index (χ1v) is 12.7. The van der Waals surface area contributed by atoms with Crippen molar-refractivity contribution in [2.24, 2.45) is 0 Å². The molecule has 0 radical (unpaired) electrons. The molecular formula is C29H26O15. The molecule has 8 N–H and O–H groups in total. The third-order valence-corrected chi connectivity index (χ3v) is 6.32. The van der Waals surface area contributed by atoms with Gasteiger partial charge in [-0.15, -0.1) is 0 Å². The Hall–Kier alpha value is -5.51. The van der Waals surface area contributed by atoms with Gasteiger partial charge in [-0.05, 0) is 35.9 Å². The molecule has 0 aromatic heterocycles. The van der Waals surface area contributed by atoms with Gasteiger partial charge in [0.05, 0.1) is 11.1 Å². The number of esters is 3. The van der Waals surface area contributed by atoms with Gasteiger partial charge in [0.2, 0.25) is 6.29 Å². The molecule has 5 atom stereocenters. The van der Waals surface area contributed by atoms with Crippen molar-refractivity contribution in [3.05, 3.63) is 77.4 Å². The maximum atomic E-state index is 12.9. The summed E-state index contributed by atoms with van der Waals surface area (Å²) < 4.78 is 21.0. The highest BCUT2D eigenvalue weighted by Crippen LogP contribution is 2.37. The van der Waals surface area contributed by atoms with E-state index in [0.29, 0.717) is 5.56 Å². The van der Waals surface area contributed by atoms with Crippen LogP contribution < -0.4 is 0 Å². The van der Waals surface area contributed by atoms with Crippen LogP contribution in [0.3, 0.4) is 0 Å². The van der Waals surface area contributed by atoms with Gasteiger partial charge in [-0.3, -0.25) is 0 Å². The first kappa shape index (κ1) is 31.4. The fourth-order valence-electron chi connectivity index (χ4n) is 4.02. The minimum Gasteiger partial charge on any atom is -0.504 e. The average Bonchev–Trinajstić information content (AvgIpc) is 3.00. The van der Waals surface area contributed by atoms with Gasteiger partial charge in [0.25, 0.3) is 0 Å². The van der Waals surface area contributed by atoms with E-state index < -0.39 is 101 Å². The topological polar surface area (TPSA) is 250 Å². The lowest BCUT2D eigenvalue weighted by Crippen LogP contribution is -2.61. The lowest BCUT2D eigenvalue weighted by atomic mass is 9.99. The zero-order valence-electron chi connectivity index (χ0n) is 22.4. The second kappa shape index (κ2) is 13.2. The Bertz CT molecular complexity index is 1520. The number of aromatic hydroxyl groups is 6. The molecule has 3 aromatic rings. The molecule has 5 unspecified atom stereocenters. The number of phenolic OH excluding ortho intramolecular Hbond substituents is 6. The quantitative estimate of drug-likeness (QED) is 0.0763. The third kappa shape index (κ3) is 7.09. The summed E-state index contributed by atoms with van der Waals surface area (Å²) in [7, 11) is 0. The van der Waals surface area contributed by atoms with Crippen molar-refractivity contribution in [2.45, 2.75) is 30.7 Å². The Labute approximate surface area is 247 Å². The Balaban J connectivity index is 1.54. The fourth-order valence-corrected chi connectivity index (χ4v) is 4.02. The first-order valence-electron chi connectivity index (χ1n) is 12.7. The van der Waals surface area contributed by atoms with Crippen LogP contribution in [0.25, 0.3) is 6.08 Å².